The molecule has 0 unspecified atom stereocenters. The fraction of sp³-hybridized carbons (Fsp3) is 0.385. The van der Waals surface area contributed by atoms with Crippen LogP contribution in [0.1, 0.15) is 12.5 Å². The smallest absolute Gasteiger partial charge is 0.0964 e. The van der Waals surface area contributed by atoms with Crippen molar-refractivity contribution in [2.45, 2.75) is 6.92 Å². The molecule has 96 valence electrons. The van der Waals surface area contributed by atoms with Gasteiger partial charge in [-0.1, -0.05) is 24.3 Å². The molecule has 0 aliphatic carbocycles. The third-order valence-corrected chi connectivity index (χ3v) is 2.22. The summed E-state index contributed by atoms with van der Waals surface area (Å²) in [5, 5.41) is 10.2. The Morgan fingerprint density at radius 3 is 2.59 bits per heavy atom. The largest absolute Gasteiger partial charge is 0.400 e. The molecule has 0 radical (unpaired) electrons. The van der Waals surface area contributed by atoms with Crippen molar-refractivity contribution in [2.24, 2.45) is 0 Å². The summed E-state index contributed by atoms with van der Waals surface area (Å²) < 4.78 is 4.93. The number of hydrogen-bond donors (Lipinski definition) is 3. The van der Waals surface area contributed by atoms with Gasteiger partial charge in [0.15, 0.2) is 0 Å². The molecule has 0 aromatic heterocycles. The SMILES string of the molecule is C/C=C(/CNCOC)c1ccccc1N.CO. The summed E-state index contributed by atoms with van der Waals surface area (Å²) in [6, 6.07) is 7.87. The van der Waals surface area contributed by atoms with E-state index >= 15 is 0 Å². The Labute approximate surface area is 103 Å². The number of ether oxygens (including phenoxy) is 1. The molecule has 1 aromatic carbocycles. The van der Waals surface area contributed by atoms with Gasteiger partial charge < -0.3 is 15.6 Å². The second-order valence-electron chi connectivity index (χ2n) is 3.26. The molecule has 1 aromatic rings. The molecule has 4 nitrogen and oxygen atoms in total. The first-order valence-electron chi connectivity index (χ1n) is 5.44. The number of rotatable bonds is 5. The molecule has 0 aliphatic heterocycles. The maximum absolute atomic E-state index is 7.00. The van der Waals surface area contributed by atoms with Crippen LogP contribution in [0.15, 0.2) is 30.3 Å². The standard InChI is InChI=1S/C12H18N2O.CH4O/c1-3-10(8-14-9-15-2)11-6-4-5-7-12(11)13;1-2/h3-7,14H,8-9,13H2,1-2H3;2H,1H3/b10-3-;. The lowest BCUT2D eigenvalue weighted by molar-refractivity contribution is 0.180. The number of nitrogens with one attached hydrogen (secondary N) is 1. The quantitative estimate of drug-likeness (QED) is 0.413. The van der Waals surface area contributed by atoms with E-state index in [0.717, 1.165) is 24.9 Å². The summed E-state index contributed by atoms with van der Waals surface area (Å²) >= 11 is 0. The molecule has 0 saturated heterocycles. The van der Waals surface area contributed by atoms with E-state index in [1.807, 2.05) is 31.2 Å². The predicted octanol–water partition coefficient (Wildman–Crippen LogP) is 1.47. The van der Waals surface area contributed by atoms with Gasteiger partial charge in [0.25, 0.3) is 0 Å². The zero-order chi connectivity index (χ0) is 13.1. The molecule has 0 aliphatic rings. The first-order valence-corrected chi connectivity index (χ1v) is 5.44. The van der Waals surface area contributed by atoms with Crippen LogP contribution >= 0.6 is 0 Å². The molecule has 0 bridgehead atoms. The van der Waals surface area contributed by atoms with Crippen LogP contribution < -0.4 is 11.1 Å². The van der Waals surface area contributed by atoms with Gasteiger partial charge >= 0.3 is 0 Å². The lowest BCUT2D eigenvalue weighted by atomic mass is 10.0. The summed E-state index contributed by atoms with van der Waals surface area (Å²) in [6.07, 6.45) is 2.06. The van der Waals surface area contributed by atoms with E-state index in [1.54, 1.807) is 7.11 Å². The van der Waals surface area contributed by atoms with Crippen molar-refractivity contribution in [3.8, 4) is 0 Å². The minimum absolute atomic E-state index is 0.546. The van der Waals surface area contributed by atoms with E-state index < -0.39 is 0 Å². The highest BCUT2D eigenvalue weighted by molar-refractivity contribution is 5.75. The zero-order valence-corrected chi connectivity index (χ0v) is 10.7. The van der Waals surface area contributed by atoms with Gasteiger partial charge in [0.05, 0.1) is 6.73 Å². The Morgan fingerprint density at radius 2 is 2.06 bits per heavy atom. The average molecular weight is 238 g/mol. The lowest BCUT2D eigenvalue weighted by Crippen LogP contribution is -2.19. The highest BCUT2D eigenvalue weighted by Gasteiger charge is 2.03. The summed E-state index contributed by atoms with van der Waals surface area (Å²) in [5.74, 6) is 0. The minimum atomic E-state index is 0.546. The predicted molar refractivity (Wildman–Crippen MR) is 72.5 cm³/mol. The number of aliphatic hydroxyl groups excluding tert-OH is 1. The van der Waals surface area contributed by atoms with E-state index in [0.29, 0.717) is 6.73 Å². The Hall–Kier alpha value is -1.36. The van der Waals surface area contributed by atoms with Crippen LogP contribution in [0.4, 0.5) is 5.69 Å². The van der Waals surface area contributed by atoms with Crippen LogP contribution in [-0.4, -0.2) is 32.6 Å². The highest BCUT2D eigenvalue weighted by Crippen LogP contribution is 2.20. The first kappa shape index (κ1) is 15.6. The molecule has 4 heteroatoms. The number of allylic oxidation sites excluding steroid dienone is 1. The Balaban J connectivity index is 0.00000121. The molecular weight excluding hydrogens is 216 g/mol. The zero-order valence-electron chi connectivity index (χ0n) is 10.7. The van der Waals surface area contributed by atoms with Gasteiger partial charge in [0, 0.05) is 32.0 Å². The number of benzene rings is 1. The number of hydrogen-bond acceptors (Lipinski definition) is 4. The van der Waals surface area contributed by atoms with Gasteiger partial charge in [0.1, 0.15) is 0 Å². The van der Waals surface area contributed by atoms with Gasteiger partial charge in [-0.2, -0.15) is 0 Å². The summed E-state index contributed by atoms with van der Waals surface area (Å²) in [5.41, 5.74) is 8.98. The van der Waals surface area contributed by atoms with Gasteiger partial charge in [0.2, 0.25) is 0 Å². The van der Waals surface area contributed by atoms with Crippen molar-refractivity contribution >= 4 is 11.3 Å². The van der Waals surface area contributed by atoms with E-state index in [2.05, 4.69) is 11.4 Å². The molecule has 0 amide bonds. The van der Waals surface area contributed by atoms with Crippen LogP contribution in [-0.2, 0) is 4.74 Å². The number of nitrogens with two attached hydrogens (primary N) is 1. The summed E-state index contributed by atoms with van der Waals surface area (Å²) in [4.78, 5) is 0. The maximum atomic E-state index is 7.00. The summed E-state index contributed by atoms with van der Waals surface area (Å²) in [7, 11) is 2.67. The van der Waals surface area contributed by atoms with Crippen LogP contribution in [0.25, 0.3) is 5.57 Å². The number of methoxy groups -OCH3 is 1. The van der Waals surface area contributed by atoms with Crippen molar-refractivity contribution in [1.82, 2.24) is 5.32 Å². The number of para-hydroxylation sites is 1. The first-order chi connectivity index (χ1) is 8.29. The van der Waals surface area contributed by atoms with E-state index in [1.165, 1.54) is 5.57 Å². The highest BCUT2D eigenvalue weighted by atomic mass is 16.5. The lowest BCUT2D eigenvalue weighted by Gasteiger charge is -2.10. The van der Waals surface area contributed by atoms with E-state index in [9.17, 15) is 0 Å². The van der Waals surface area contributed by atoms with E-state index in [4.69, 9.17) is 15.6 Å². The average Bonchev–Trinajstić information content (AvgIpc) is 2.38. The van der Waals surface area contributed by atoms with Crippen molar-refractivity contribution < 1.29 is 9.84 Å². The molecular formula is C13H22N2O2. The fourth-order valence-electron chi connectivity index (χ4n) is 1.43. The molecule has 1 rings (SSSR count). The number of nitrogen functional groups attached to an aromatic ring is 1. The fourth-order valence-corrected chi connectivity index (χ4v) is 1.43. The molecule has 0 fully saturated rings. The van der Waals surface area contributed by atoms with Crippen LogP contribution in [0, 0.1) is 0 Å². The van der Waals surface area contributed by atoms with E-state index in [-0.39, 0.29) is 0 Å². The molecule has 0 spiro atoms. The van der Waals surface area contributed by atoms with Gasteiger partial charge in [-0.25, -0.2) is 0 Å². The maximum Gasteiger partial charge on any atom is 0.0964 e. The second kappa shape index (κ2) is 9.84. The molecule has 0 saturated carbocycles. The minimum Gasteiger partial charge on any atom is -0.400 e. The van der Waals surface area contributed by atoms with Crippen molar-refractivity contribution in [2.75, 3.05) is 33.2 Å². The van der Waals surface area contributed by atoms with Gasteiger partial charge in [-0.3, -0.25) is 5.32 Å². The van der Waals surface area contributed by atoms with Crippen molar-refractivity contribution in [3.05, 3.63) is 35.9 Å². The number of anilines is 1. The number of aliphatic hydroxyl groups is 1. The Morgan fingerprint density at radius 1 is 1.41 bits per heavy atom. The third kappa shape index (κ3) is 5.49. The van der Waals surface area contributed by atoms with Gasteiger partial charge in [-0.05, 0) is 18.6 Å². The molecule has 0 heterocycles. The second-order valence-corrected chi connectivity index (χ2v) is 3.26. The molecule has 0 atom stereocenters. The van der Waals surface area contributed by atoms with Crippen LogP contribution in [0.5, 0.6) is 0 Å². The van der Waals surface area contributed by atoms with Crippen LogP contribution in [0.3, 0.4) is 0 Å². The molecule has 17 heavy (non-hydrogen) atoms. The van der Waals surface area contributed by atoms with Gasteiger partial charge in [-0.15, -0.1) is 0 Å². The molecule has 4 N–H and O–H groups in total. The third-order valence-electron chi connectivity index (χ3n) is 2.22. The monoisotopic (exact) mass is 238 g/mol. The Kier molecular flexibility index (Phi) is 9.05. The topological polar surface area (TPSA) is 67.5 Å². The Bertz CT molecular complexity index is 338. The van der Waals surface area contributed by atoms with Crippen molar-refractivity contribution in [1.29, 1.82) is 0 Å². The van der Waals surface area contributed by atoms with Crippen LogP contribution in [0.2, 0.25) is 0 Å². The summed E-state index contributed by atoms with van der Waals surface area (Å²) in [6.45, 7) is 3.32. The van der Waals surface area contributed by atoms with Crippen molar-refractivity contribution in [3.63, 3.8) is 0 Å². The normalized spacial score (nSPS) is 10.7.